The molecule has 0 aromatic heterocycles. The number of carbonyl (C=O) groups is 1. The number of benzene rings is 1. The standard InChI is InChI=1S/C13H19BrN2O2/c1-8(12(17)16-13(2,3)4)18-10-7-5-6-9(15)11(10)14/h5-8H,15H2,1-4H3,(H,16,17). The Morgan fingerprint density at radius 1 is 1.44 bits per heavy atom. The Labute approximate surface area is 116 Å². The molecule has 4 nitrogen and oxygen atoms in total. The lowest BCUT2D eigenvalue weighted by Crippen LogP contribution is -2.46. The molecule has 0 radical (unpaired) electrons. The Morgan fingerprint density at radius 2 is 2.06 bits per heavy atom. The van der Waals surface area contributed by atoms with Crippen molar-refractivity contribution < 1.29 is 9.53 Å². The predicted molar refractivity (Wildman–Crippen MR) is 76.5 cm³/mol. The number of carbonyl (C=O) groups excluding carboxylic acids is 1. The molecular weight excluding hydrogens is 296 g/mol. The first-order valence-corrected chi connectivity index (χ1v) is 6.52. The summed E-state index contributed by atoms with van der Waals surface area (Å²) in [5, 5.41) is 2.86. The van der Waals surface area contributed by atoms with E-state index in [1.54, 1.807) is 25.1 Å². The van der Waals surface area contributed by atoms with Crippen molar-refractivity contribution in [3.63, 3.8) is 0 Å². The number of amides is 1. The summed E-state index contributed by atoms with van der Waals surface area (Å²) in [5.74, 6) is 0.406. The molecule has 3 N–H and O–H groups in total. The second-order valence-electron chi connectivity index (χ2n) is 5.16. The zero-order valence-corrected chi connectivity index (χ0v) is 12.7. The van der Waals surface area contributed by atoms with Crippen molar-refractivity contribution in [3.05, 3.63) is 22.7 Å². The first-order chi connectivity index (χ1) is 8.20. The molecule has 1 atom stereocenters. The summed E-state index contributed by atoms with van der Waals surface area (Å²) in [4.78, 5) is 11.9. The molecule has 5 heteroatoms. The van der Waals surface area contributed by atoms with Gasteiger partial charge in [-0.2, -0.15) is 0 Å². The summed E-state index contributed by atoms with van der Waals surface area (Å²) < 4.78 is 6.26. The predicted octanol–water partition coefficient (Wildman–Crippen LogP) is 2.71. The maximum absolute atomic E-state index is 11.9. The highest BCUT2D eigenvalue weighted by atomic mass is 79.9. The summed E-state index contributed by atoms with van der Waals surface area (Å²) in [6.45, 7) is 7.48. The van der Waals surface area contributed by atoms with Crippen LogP contribution in [0.5, 0.6) is 5.75 Å². The molecule has 0 saturated carbocycles. The highest BCUT2D eigenvalue weighted by Gasteiger charge is 2.21. The lowest BCUT2D eigenvalue weighted by Gasteiger charge is -2.24. The minimum atomic E-state index is -0.581. The Morgan fingerprint density at radius 3 is 2.61 bits per heavy atom. The molecule has 100 valence electrons. The topological polar surface area (TPSA) is 64.3 Å². The van der Waals surface area contributed by atoms with E-state index in [9.17, 15) is 4.79 Å². The van der Waals surface area contributed by atoms with Crippen molar-refractivity contribution in [2.24, 2.45) is 0 Å². The molecular formula is C13H19BrN2O2. The first-order valence-electron chi connectivity index (χ1n) is 5.73. The number of nitrogen functional groups attached to an aromatic ring is 1. The molecule has 1 unspecified atom stereocenters. The molecule has 0 fully saturated rings. The van der Waals surface area contributed by atoms with Gasteiger partial charge < -0.3 is 15.8 Å². The zero-order chi connectivity index (χ0) is 13.9. The number of rotatable bonds is 3. The van der Waals surface area contributed by atoms with Gasteiger partial charge in [0.05, 0.1) is 4.47 Å². The van der Waals surface area contributed by atoms with Gasteiger partial charge in [0.15, 0.2) is 6.10 Å². The van der Waals surface area contributed by atoms with Gasteiger partial charge in [-0.05, 0) is 55.8 Å². The van der Waals surface area contributed by atoms with E-state index in [1.807, 2.05) is 20.8 Å². The van der Waals surface area contributed by atoms with Crippen molar-refractivity contribution in [2.45, 2.75) is 39.3 Å². The summed E-state index contributed by atoms with van der Waals surface area (Å²) in [5.41, 5.74) is 6.05. The van der Waals surface area contributed by atoms with Crippen LogP contribution in [0.2, 0.25) is 0 Å². The van der Waals surface area contributed by atoms with E-state index in [2.05, 4.69) is 21.2 Å². The fourth-order valence-corrected chi connectivity index (χ4v) is 1.69. The van der Waals surface area contributed by atoms with Crippen LogP contribution in [0.25, 0.3) is 0 Å². The number of nitrogens with two attached hydrogens (primary N) is 1. The largest absolute Gasteiger partial charge is 0.480 e. The van der Waals surface area contributed by atoms with Crippen molar-refractivity contribution in [2.75, 3.05) is 5.73 Å². The second kappa shape index (κ2) is 5.61. The van der Waals surface area contributed by atoms with Gasteiger partial charge in [0.1, 0.15) is 5.75 Å². The van der Waals surface area contributed by atoms with Gasteiger partial charge >= 0.3 is 0 Å². The van der Waals surface area contributed by atoms with E-state index in [0.29, 0.717) is 15.9 Å². The van der Waals surface area contributed by atoms with Crippen LogP contribution >= 0.6 is 15.9 Å². The lowest BCUT2D eigenvalue weighted by molar-refractivity contribution is -0.128. The molecule has 1 aromatic rings. The fraction of sp³-hybridized carbons (Fsp3) is 0.462. The minimum Gasteiger partial charge on any atom is -0.480 e. The van der Waals surface area contributed by atoms with Gasteiger partial charge in [-0.25, -0.2) is 0 Å². The zero-order valence-electron chi connectivity index (χ0n) is 11.1. The van der Waals surface area contributed by atoms with Crippen LogP contribution < -0.4 is 15.8 Å². The van der Waals surface area contributed by atoms with E-state index in [-0.39, 0.29) is 11.4 Å². The molecule has 0 bridgehead atoms. The third kappa shape index (κ3) is 4.22. The van der Waals surface area contributed by atoms with Gasteiger partial charge in [-0.15, -0.1) is 0 Å². The SMILES string of the molecule is CC(Oc1cccc(N)c1Br)C(=O)NC(C)(C)C. The van der Waals surface area contributed by atoms with E-state index < -0.39 is 6.10 Å². The lowest BCUT2D eigenvalue weighted by atomic mass is 10.1. The molecule has 0 aliphatic rings. The van der Waals surface area contributed by atoms with Crippen LogP contribution in [0.15, 0.2) is 22.7 Å². The Balaban J connectivity index is 2.73. The quantitative estimate of drug-likeness (QED) is 0.843. The van der Waals surface area contributed by atoms with Crippen molar-refractivity contribution in [1.82, 2.24) is 5.32 Å². The monoisotopic (exact) mass is 314 g/mol. The number of hydrogen-bond donors (Lipinski definition) is 2. The maximum atomic E-state index is 11.9. The van der Waals surface area contributed by atoms with Gasteiger partial charge in [-0.3, -0.25) is 4.79 Å². The Kier molecular flexibility index (Phi) is 4.62. The van der Waals surface area contributed by atoms with Crippen LogP contribution in [0.1, 0.15) is 27.7 Å². The summed E-state index contributed by atoms with van der Waals surface area (Å²) in [7, 11) is 0. The van der Waals surface area contributed by atoms with Gasteiger partial charge in [0.2, 0.25) is 0 Å². The van der Waals surface area contributed by atoms with Gasteiger partial charge in [0, 0.05) is 11.2 Å². The maximum Gasteiger partial charge on any atom is 0.261 e. The molecule has 0 heterocycles. The number of halogens is 1. The number of anilines is 1. The molecule has 0 aliphatic carbocycles. The Bertz CT molecular complexity index is 441. The smallest absolute Gasteiger partial charge is 0.261 e. The van der Waals surface area contributed by atoms with Crippen molar-refractivity contribution >= 4 is 27.5 Å². The molecule has 1 rings (SSSR count). The third-order valence-corrected chi connectivity index (χ3v) is 3.01. The van der Waals surface area contributed by atoms with Crippen LogP contribution in [0, 0.1) is 0 Å². The normalized spacial score (nSPS) is 12.9. The van der Waals surface area contributed by atoms with Crippen LogP contribution in [0.4, 0.5) is 5.69 Å². The summed E-state index contributed by atoms with van der Waals surface area (Å²) in [6.07, 6.45) is -0.581. The third-order valence-electron chi connectivity index (χ3n) is 2.16. The summed E-state index contributed by atoms with van der Waals surface area (Å²) in [6, 6.07) is 5.31. The molecule has 0 spiro atoms. The van der Waals surface area contributed by atoms with E-state index >= 15 is 0 Å². The van der Waals surface area contributed by atoms with Gasteiger partial charge in [0.25, 0.3) is 5.91 Å². The molecule has 1 amide bonds. The Hall–Kier alpha value is -1.23. The van der Waals surface area contributed by atoms with Crippen molar-refractivity contribution in [1.29, 1.82) is 0 Å². The number of ether oxygens (including phenoxy) is 1. The van der Waals surface area contributed by atoms with Crippen LogP contribution in [0.3, 0.4) is 0 Å². The van der Waals surface area contributed by atoms with Crippen molar-refractivity contribution in [3.8, 4) is 5.75 Å². The molecule has 0 aliphatic heterocycles. The number of nitrogens with one attached hydrogen (secondary N) is 1. The van der Waals surface area contributed by atoms with Gasteiger partial charge in [-0.1, -0.05) is 6.07 Å². The number of hydrogen-bond acceptors (Lipinski definition) is 3. The molecule has 1 aromatic carbocycles. The minimum absolute atomic E-state index is 0.156. The highest BCUT2D eigenvalue weighted by molar-refractivity contribution is 9.10. The van der Waals surface area contributed by atoms with Crippen LogP contribution in [-0.4, -0.2) is 17.6 Å². The average Bonchev–Trinajstić information content (AvgIpc) is 2.22. The van der Waals surface area contributed by atoms with Crippen LogP contribution in [-0.2, 0) is 4.79 Å². The summed E-state index contributed by atoms with van der Waals surface area (Å²) >= 11 is 3.34. The average molecular weight is 315 g/mol. The molecule has 18 heavy (non-hydrogen) atoms. The molecule has 0 saturated heterocycles. The fourth-order valence-electron chi connectivity index (χ4n) is 1.33. The first kappa shape index (κ1) is 14.8. The second-order valence-corrected chi connectivity index (χ2v) is 5.95. The highest BCUT2D eigenvalue weighted by Crippen LogP contribution is 2.30. The van der Waals surface area contributed by atoms with E-state index in [1.165, 1.54) is 0 Å². The van der Waals surface area contributed by atoms with E-state index in [0.717, 1.165) is 0 Å². The van der Waals surface area contributed by atoms with E-state index in [4.69, 9.17) is 10.5 Å².